The topological polar surface area (TPSA) is 33.1 Å². The first-order valence-electron chi connectivity index (χ1n) is 6.02. The molecule has 0 spiro atoms. The number of aliphatic hydroxyl groups is 1. The van der Waals surface area contributed by atoms with E-state index in [0.717, 1.165) is 10.8 Å². The summed E-state index contributed by atoms with van der Waals surface area (Å²) in [4.78, 5) is 4.05. The highest BCUT2D eigenvalue weighted by Gasteiger charge is 2.16. The second kappa shape index (κ2) is 4.78. The molecule has 0 saturated heterocycles. The highest BCUT2D eigenvalue weighted by Crippen LogP contribution is 2.29. The molecule has 0 bridgehead atoms. The smallest absolute Gasteiger partial charge is 0.129 e. The third kappa shape index (κ3) is 2.09. The van der Waals surface area contributed by atoms with E-state index in [1.54, 1.807) is 36.7 Å². The van der Waals surface area contributed by atoms with Gasteiger partial charge in [-0.2, -0.15) is 0 Å². The molecule has 1 atom stereocenters. The van der Waals surface area contributed by atoms with Crippen molar-refractivity contribution < 1.29 is 9.50 Å². The molecule has 1 heterocycles. The van der Waals surface area contributed by atoms with Crippen molar-refractivity contribution in [1.29, 1.82) is 0 Å². The maximum absolute atomic E-state index is 13.8. The van der Waals surface area contributed by atoms with Crippen LogP contribution >= 0.6 is 0 Å². The van der Waals surface area contributed by atoms with Crippen molar-refractivity contribution in [2.75, 3.05) is 0 Å². The average Bonchev–Trinajstić information content (AvgIpc) is 2.46. The fourth-order valence-electron chi connectivity index (χ4n) is 2.25. The quantitative estimate of drug-likeness (QED) is 0.758. The molecule has 19 heavy (non-hydrogen) atoms. The average molecular weight is 253 g/mol. The van der Waals surface area contributed by atoms with E-state index in [9.17, 15) is 9.50 Å². The molecule has 1 aromatic heterocycles. The first-order valence-corrected chi connectivity index (χ1v) is 6.02. The van der Waals surface area contributed by atoms with Crippen LogP contribution < -0.4 is 0 Å². The summed E-state index contributed by atoms with van der Waals surface area (Å²) in [6.45, 7) is 0. The van der Waals surface area contributed by atoms with Gasteiger partial charge >= 0.3 is 0 Å². The van der Waals surface area contributed by atoms with Gasteiger partial charge in [0.15, 0.2) is 0 Å². The molecule has 0 amide bonds. The zero-order valence-corrected chi connectivity index (χ0v) is 10.1. The molecule has 2 nitrogen and oxygen atoms in total. The SMILES string of the molecule is OC(c1ccccc1F)c1cccc2cnccc12. The Morgan fingerprint density at radius 3 is 2.58 bits per heavy atom. The van der Waals surface area contributed by atoms with E-state index < -0.39 is 11.9 Å². The molecule has 0 aliphatic rings. The van der Waals surface area contributed by atoms with Gasteiger partial charge in [-0.1, -0.05) is 36.4 Å². The summed E-state index contributed by atoms with van der Waals surface area (Å²) in [5.74, 6) is -0.402. The summed E-state index contributed by atoms with van der Waals surface area (Å²) in [7, 11) is 0. The highest BCUT2D eigenvalue weighted by molar-refractivity contribution is 5.85. The largest absolute Gasteiger partial charge is 0.384 e. The summed E-state index contributed by atoms with van der Waals surface area (Å²) in [5, 5.41) is 12.2. The monoisotopic (exact) mass is 253 g/mol. The molecule has 0 aliphatic heterocycles. The summed E-state index contributed by atoms with van der Waals surface area (Å²) < 4.78 is 13.8. The molecule has 3 aromatic rings. The van der Waals surface area contributed by atoms with E-state index >= 15 is 0 Å². The Balaban J connectivity index is 2.17. The van der Waals surface area contributed by atoms with Crippen LogP contribution in [0.3, 0.4) is 0 Å². The zero-order valence-electron chi connectivity index (χ0n) is 10.1. The van der Waals surface area contributed by atoms with Crippen LogP contribution in [0.1, 0.15) is 17.2 Å². The lowest BCUT2D eigenvalue weighted by molar-refractivity contribution is 0.216. The van der Waals surface area contributed by atoms with E-state index in [4.69, 9.17) is 0 Å². The van der Waals surface area contributed by atoms with Crippen LogP contribution in [0.2, 0.25) is 0 Å². The predicted octanol–water partition coefficient (Wildman–Crippen LogP) is 3.46. The normalized spacial score (nSPS) is 12.5. The van der Waals surface area contributed by atoms with Crippen LogP contribution in [0.15, 0.2) is 60.9 Å². The number of aromatic nitrogens is 1. The van der Waals surface area contributed by atoms with Gasteiger partial charge in [-0.3, -0.25) is 4.98 Å². The maximum Gasteiger partial charge on any atom is 0.129 e. The molecule has 1 N–H and O–H groups in total. The van der Waals surface area contributed by atoms with Crippen molar-refractivity contribution >= 4 is 10.8 Å². The van der Waals surface area contributed by atoms with Gasteiger partial charge in [-0.05, 0) is 23.1 Å². The number of hydrogen-bond acceptors (Lipinski definition) is 2. The molecular weight excluding hydrogens is 241 g/mol. The van der Waals surface area contributed by atoms with Crippen molar-refractivity contribution in [3.8, 4) is 0 Å². The van der Waals surface area contributed by atoms with Gasteiger partial charge in [-0.25, -0.2) is 4.39 Å². The van der Waals surface area contributed by atoms with Gasteiger partial charge in [-0.15, -0.1) is 0 Å². The minimum atomic E-state index is -0.979. The molecule has 2 aromatic carbocycles. The van der Waals surface area contributed by atoms with Gasteiger partial charge < -0.3 is 5.11 Å². The minimum absolute atomic E-state index is 0.284. The van der Waals surface area contributed by atoms with Crippen molar-refractivity contribution in [1.82, 2.24) is 4.98 Å². The van der Waals surface area contributed by atoms with E-state index in [1.165, 1.54) is 6.07 Å². The van der Waals surface area contributed by atoms with Crippen LogP contribution in [-0.4, -0.2) is 10.1 Å². The lowest BCUT2D eigenvalue weighted by Crippen LogP contribution is -2.03. The van der Waals surface area contributed by atoms with E-state index in [-0.39, 0.29) is 5.56 Å². The number of halogens is 1. The Morgan fingerprint density at radius 2 is 1.74 bits per heavy atom. The lowest BCUT2D eigenvalue weighted by Gasteiger charge is -2.14. The first kappa shape index (κ1) is 11.8. The van der Waals surface area contributed by atoms with Crippen LogP contribution in [0.4, 0.5) is 4.39 Å². The third-order valence-corrected chi connectivity index (χ3v) is 3.21. The summed E-state index contributed by atoms with van der Waals surface area (Å²) in [5.41, 5.74) is 0.969. The summed E-state index contributed by atoms with van der Waals surface area (Å²) >= 11 is 0. The fourth-order valence-corrected chi connectivity index (χ4v) is 2.25. The molecule has 3 heteroatoms. The second-order valence-corrected chi connectivity index (χ2v) is 4.37. The van der Waals surface area contributed by atoms with Crippen molar-refractivity contribution in [2.24, 2.45) is 0 Å². The van der Waals surface area contributed by atoms with Crippen LogP contribution in [0.25, 0.3) is 10.8 Å². The summed E-state index contributed by atoms with van der Waals surface area (Å²) in [6.07, 6.45) is 2.42. The standard InChI is InChI=1S/C16H12FNO/c17-15-7-2-1-5-14(15)16(19)13-6-3-4-11-10-18-9-8-12(11)13/h1-10,16,19H. The van der Waals surface area contributed by atoms with E-state index in [1.807, 2.05) is 18.2 Å². The first-order chi connectivity index (χ1) is 9.27. The number of fused-ring (bicyclic) bond motifs is 1. The van der Waals surface area contributed by atoms with Crippen molar-refractivity contribution in [3.05, 3.63) is 77.9 Å². The van der Waals surface area contributed by atoms with Gasteiger partial charge in [0.25, 0.3) is 0 Å². The maximum atomic E-state index is 13.8. The fraction of sp³-hybridized carbons (Fsp3) is 0.0625. The van der Waals surface area contributed by atoms with Gasteiger partial charge in [0.1, 0.15) is 11.9 Å². The molecule has 0 aliphatic carbocycles. The van der Waals surface area contributed by atoms with Gasteiger partial charge in [0.2, 0.25) is 0 Å². The highest BCUT2D eigenvalue weighted by atomic mass is 19.1. The van der Waals surface area contributed by atoms with Crippen LogP contribution in [0.5, 0.6) is 0 Å². The number of nitrogens with zero attached hydrogens (tertiary/aromatic N) is 1. The number of hydrogen-bond donors (Lipinski definition) is 1. The van der Waals surface area contributed by atoms with E-state index in [2.05, 4.69) is 4.98 Å². The van der Waals surface area contributed by atoms with Crippen LogP contribution in [-0.2, 0) is 0 Å². The Labute approximate surface area is 110 Å². The van der Waals surface area contributed by atoms with Crippen molar-refractivity contribution in [3.63, 3.8) is 0 Å². The Bertz CT molecular complexity index is 721. The second-order valence-electron chi connectivity index (χ2n) is 4.37. The van der Waals surface area contributed by atoms with Gasteiger partial charge in [0, 0.05) is 23.3 Å². The van der Waals surface area contributed by atoms with Crippen molar-refractivity contribution in [2.45, 2.75) is 6.10 Å². The Hall–Kier alpha value is -2.26. The molecular formula is C16H12FNO. The minimum Gasteiger partial charge on any atom is -0.384 e. The molecule has 1 unspecified atom stereocenters. The molecule has 0 saturated carbocycles. The Morgan fingerprint density at radius 1 is 0.947 bits per heavy atom. The summed E-state index contributed by atoms with van der Waals surface area (Å²) in [6, 6.07) is 13.7. The van der Waals surface area contributed by atoms with Gasteiger partial charge in [0.05, 0.1) is 0 Å². The predicted molar refractivity (Wildman–Crippen MR) is 72.2 cm³/mol. The molecule has 94 valence electrons. The molecule has 0 fully saturated rings. The lowest BCUT2D eigenvalue weighted by atomic mass is 9.96. The Kier molecular flexibility index (Phi) is 2.97. The number of rotatable bonds is 2. The molecule has 0 radical (unpaired) electrons. The number of pyridine rings is 1. The zero-order chi connectivity index (χ0) is 13.2. The third-order valence-electron chi connectivity index (χ3n) is 3.21. The molecule has 3 rings (SSSR count). The number of benzene rings is 2. The van der Waals surface area contributed by atoms with E-state index in [0.29, 0.717) is 5.56 Å². The van der Waals surface area contributed by atoms with Crippen LogP contribution in [0, 0.1) is 5.82 Å². The number of aliphatic hydroxyl groups excluding tert-OH is 1.